The Kier molecular flexibility index (Phi) is 3.48. The molecule has 0 N–H and O–H groups in total. The van der Waals surface area contributed by atoms with Crippen molar-refractivity contribution in [1.82, 2.24) is 0 Å². The first-order valence-corrected chi connectivity index (χ1v) is 7.46. The molecule has 1 aromatic carbocycles. The lowest BCUT2D eigenvalue weighted by Crippen LogP contribution is -2.27. The second-order valence-electron chi connectivity index (χ2n) is 4.14. The van der Waals surface area contributed by atoms with Crippen molar-refractivity contribution >= 4 is 12.4 Å². The molecule has 1 aromatic rings. The molecule has 1 fully saturated rings. The molecule has 4 heteroatoms. The van der Waals surface area contributed by atoms with Crippen molar-refractivity contribution in [3.05, 3.63) is 30.3 Å². The van der Waals surface area contributed by atoms with Crippen molar-refractivity contribution in [1.29, 1.82) is 0 Å². The van der Waals surface area contributed by atoms with E-state index in [9.17, 15) is 4.57 Å². The molecule has 1 aliphatic heterocycles. The van der Waals surface area contributed by atoms with E-state index >= 15 is 0 Å². The summed E-state index contributed by atoms with van der Waals surface area (Å²) in [5, 5.41) is 0.941. The summed E-state index contributed by atoms with van der Waals surface area (Å²) in [4.78, 5) is 0. The van der Waals surface area contributed by atoms with Gasteiger partial charge in [0.2, 0.25) is 0 Å². The number of benzene rings is 1. The minimum atomic E-state index is -2.32. The zero-order valence-corrected chi connectivity index (χ0v) is 10.5. The van der Waals surface area contributed by atoms with Gasteiger partial charge >= 0.3 is 0 Å². The maximum atomic E-state index is 12.8. The molecule has 88 valence electrons. The van der Waals surface area contributed by atoms with Crippen LogP contribution in [0.1, 0.15) is 0 Å². The van der Waals surface area contributed by atoms with Gasteiger partial charge in [0.1, 0.15) is 7.14 Å². The predicted molar refractivity (Wildman–Crippen MR) is 65.0 cm³/mol. The molecule has 3 nitrogen and oxygen atoms in total. The van der Waals surface area contributed by atoms with E-state index in [2.05, 4.69) is 0 Å². The second kappa shape index (κ2) is 4.70. The zero-order chi connectivity index (χ0) is 11.6. The van der Waals surface area contributed by atoms with E-state index in [-0.39, 0.29) is 12.2 Å². The van der Waals surface area contributed by atoms with E-state index < -0.39 is 7.14 Å². The van der Waals surface area contributed by atoms with Crippen LogP contribution in [0.25, 0.3) is 0 Å². The first-order chi connectivity index (χ1) is 7.69. The van der Waals surface area contributed by atoms with Crippen molar-refractivity contribution in [3.8, 4) is 0 Å². The van der Waals surface area contributed by atoms with Crippen LogP contribution in [0.2, 0.25) is 0 Å². The predicted octanol–water partition coefficient (Wildman–Crippen LogP) is 1.72. The van der Waals surface area contributed by atoms with Crippen molar-refractivity contribution in [2.24, 2.45) is 0 Å². The smallest absolute Gasteiger partial charge is 0.120 e. The summed E-state index contributed by atoms with van der Waals surface area (Å²) in [6.45, 7) is 0. The van der Waals surface area contributed by atoms with E-state index in [1.807, 2.05) is 30.3 Å². The molecular formula is C12H17O3P. The van der Waals surface area contributed by atoms with Crippen molar-refractivity contribution < 1.29 is 14.0 Å². The molecule has 16 heavy (non-hydrogen) atoms. The summed E-state index contributed by atoms with van der Waals surface area (Å²) in [5.41, 5.74) is 0. The van der Waals surface area contributed by atoms with E-state index in [0.717, 1.165) is 5.30 Å². The quantitative estimate of drug-likeness (QED) is 0.755. The van der Waals surface area contributed by atoms with Crippen LogP contribution in [0.5, 0.6) is 0 Å². The van der Waals surface area contributed by atoms with Gasteiger partial charge in [-0.05, 0) is 0 Å². The topological polar surface area (TPSA) is 35.5 Å². The summed E-state index contributed by atoms with van der Waals surface area (Å²) >= 11 is 0. The maximum absolute atomic E-state index is 12.8. The minimum absolute atomic E-state index is 0.0453. The van der Waals surface area contributed by atoms with E-state index in [1.54, 1.807) is 14.2 Å². The van der Waals surface area contributed by atoms with Gasteiger partial charge in [0.05, 0.1) is 12.2 Å². The van der Waals surface area contributed by atoms with Crippen LogP contribution < -0.4 is 5.30 Å². The SMILES string of the molecule is CO[C@H]1CP(=O)(c2ccccc2)C[C@@H]1OC. The fourth-order valence-corrected chi connectivity index (χ4v) is 5.47. The van der Waals surface area contributed by atoms with Gasteiger partial charge in [0, 0.05) is 31.8 Å². The first kappa shape index (κ1) is 11.8. The lowest BCUT2D eigenvalue weighted by Gasteiger charge is -2.14. The van der Waals surface area contributed by atoms with Crippen LogP contribution in [0.3, 0.4) is 0 Å². The minimum Gasteiger partial charge on any atom is -0.378 e. The summed E-state index contributed by atoms with van der Waals surface area (Å²) in [6, 6.07) is 9.66. The molecule has 0 saturated carbocycles. The van der Waals surface area contributed by atoms with Gasteiger partial charge in [-0.2, -0.15) is 0 Å². The average Bonchev–Trinajstić information content (AvgIpc) is 2.68. The highest BCUT2D eigenvalue weighted by Gasteiger charge is 2.43. The Hall–Kier alpha value is -0.630. The molecule has 0 radical (unpaired) electrons. The number of methoxy groups -OCH3 is 2. The van der Waals surface area contributed by atoms with E-state index in [1.165, 1.54) is 0 Å². The highest BCUT2D eigenvalue weighted by atomic mass is 31.2. The normalized spacial score (nSPS) is 28.1. The fraction of sp³-hybridized carbons (Fsp3) is 0.500. The summed E-state index contributed by atoms with van der Waals surface area (Å²) in [7, 11) is 0.983. The summed E-state index contributed by atoms with van der Waals surface area (Å²) in [5.74, 6) is 0. The summed E-state index contributed by atoms with van der Waals surface area (Å²) < 4.78 is 23.5. The molecule has 1 heterocycles. The number of rotatable bonds is 3. The molecule has 0 aliphatic carbocycles. The summed E-state index contributed by atoms with van der Waals surface area (Å²) in [6.07, 6.45) is 1.09. The Labute approximate surface area is 96.1 Å². The van der Waals surface area contributed by atoms with Crippen molar-refractivity contribution in [2.75, 3.05) is 26.5 Å². The zero-order valence-electron chi connectivity index (χ0n) is 9.63. The van der Waals surface area contributed by atoms with Gasteiger partial charge in [-0.1, -0.05) is 30.3 Å². The standard InChI is InChI=1S/C12H17O3P/c1-14-11-8-16(13,9-12(11)15-2)10-6-4-3-5-7-10/h3-7,11-12H,8-9H2,1-2H3/t11-,12-/m0/s1. The number of ether oxygens (including phenoxy) is 2. The lowest BCUT2D eigenvalue weighted by atomic mass is 10.3. The molecule has 2 rings (SSSR count). The monoisotopic (exact) mass is 240 g/mol. The number of hydrogen-bond donors (Lipinski definition) is 0. The molecule has 0 bridgehead atoms. The van der Waals surface area contributed by atoms with Gasteiger partial charge in [-0.25, -0.2) is 0 Å². The van der Waals surface area contributed by atoms with Crippen molar-refractivity contribution in [2.45, 2.75) is 12.2 Å². The molecule has 0 unspecified atom stereocenters. The fourth-order valence-electron chi connectivity index (χ4n) is 2.25. The molecular weight excluding hydrogens is 223 g/mol. The lowest BCUT2D eigenvalue weighted by molar-refractivity contribution is -0.00461. The molecule has 1 aliphatic rings. The average molecular weight is 240 g/mol. The molecule has 2 atom stereocenters. The second-order valence-corrected chi connectivity index (χ2v) is 7.16. The number of hydrogen-bond acceptors (Lipinski definition) is 3. The molecule has 1 saturated heterocycles. The molecule has 0 amide bonds. The van der Waals surface area contributed by atoms with Crippen LogP contribution in [-0.2, 0) is 14.0 Å². The highest BCUT2D eigenvalue weighted by molar-refractivity contribution is 7.72. The van der Waals surface area contributed by atoms with Gasteiger partial charge in [-0.3, -0.25) is 0 Å². The van der Waals surface area contributed by atoms with Gasteiger partial charge in [-0.15, -0.1) is 0 Å². The van der Waals surface area contributed by atoms with E-state index in [0.29, 0.717) is 12.3 Å². The van der Waals surface area contributed by atoms with Crippen molar-refractivity contribution in [3.63, 3.8) is 0 Å². The van der Waals surface area contributed by atoms with Gasteiger partial charge < -0.3 is 14.0 Å². The van der Waals surface area contributed by atoms with E-state index in [4.69, 9.17) is 9.47 Å². The Morgan fingerprint density at radius 2 is 1.56 bits per heavy atom. The highest BCUT2D eigenvalue weighted by Crippen LogP contribution is 2.52. The van der Waals surface area contributed by atoms with Crippen LogP contribution in [0.15, 0.2) is 30.3 Å². The third-order valence-corrected chi connectivity index (χ3v) is 6.34. The Morgan fingerprint density at radius 3 is 2.00 bits per heavy atom. The Morgan fingerprint density at radius 1 is 1.06 bits per heavy atom. The molecule has 0 spiro atoms. The largest absolute Gasteiger partial charge is 0.378 e. The first-order valence-electron chi connectivity index (χ1n) is 5.39. The maximum Gasteiger partial charge on any atom is 0.120 e. The Balaban J connectivity index is 2.26. The van der Waals surface area contributed by atoms with Gasteiger partial charge in [0.15, 0.2) is 0 Å². The van der Waals surface area contributed by atoms with Gasteiger partial charge in [0.25, 0.3) is 0 Å². The van der Waals surface area contributed by atoms with Crippen LogP contribution in [0.4, 0.5) is 0 Å². The third kappa shape index (κ3) is 2.08. The van der Waals surface area contributed by atoms with Crippen LogP contribution in [0, 0.1) is 0 Å². The van der Waals surface area contributed by atoms with Crippen LogP contribution >= 0.6 is 7.14 Å². The third-order valence-electron chi connectivity index (χ3n) is 3.20. The van der Waals surface area contributed by atoms with Crippen LogP contribution in [-0.4, -0.2) is 38.8 Å². The Bertz CT molecular complexity index is 375. The molecule has 0 aromatic heterocycles.